The van der Waals surface area contributed by atoms with Crippen LogP contribution >= 0.6 is 11.8 Å². The number of rotatable bonds is 2. The third kappa shape index (κ3) is 1.39. The minimum absolute atomic E-state index is 0.847. The number of aromatic nitrogens is 2. The maximum absolute atomic E-state index is 4.21. The van der Waals surface area contributed by atoms with Crippen LogP contribution in [0.2, 0.25) is 0 Å². The molecule has 0 aliphatic carbocycles. The Labute approximate surface area is 76.2 Å². The minimum atomic E-state index is 0.847. The molecule has 0 radical (unpaired) electrons. The first-order valence-electron chi connectivity index (χ1n) is 4.01. The van der Waals surface area contributed by atoms with Crippen LogP contribution < -0.4 is 4.90 Å². The second-order valence-corrected chi connectivity index (χ2v) is 3.54. The lowest BCUT2D eigenvalue weighted by molar-refractivity contribution is 0.614. The molecule has 1 saturated heterocycles. The summed E-state index contributed by atoms with van der Waals surface area (Å²) in [7, 11) is 0. The zero-order chi connectivity index (χ0) is 8.39. The lowest BCUT2D eigenvalue weighted by atomic mass is 10.2. The molecule has 1 fully saturated rings. The standard InChI is InChI=1S/C8H11N3S/c1-12-8-9-5-7(6-10-8)11-3-2-4-11/h5-6H,2-4H2,1H3. The quantitative estimate of drug-likeness (QED) is 0.509. The van der Waals surface area contributed by atoms with Gasteiger partial charge in [-0.05, 0) is 12.7 Å². The van der Waals surface area contributed by atoms with Crippen molar-refractivity contribution in [1.82, 2.24) is 9.97 Å². The fraction of sp³-hybridized carbons (Fsp3) is 0.500. The number of thioether (sulfide) groups is 1. The van der Waals surface area contributed by atoms with E-state index in [1.807, 2.05) is 18.6 Å². The zero-order valence-electron chi connectivity index (χ0n) is 7.03. The van der Waals surface area contributed by atoms with Crippen LogP contribution in [0, 0.1) is 0 Å². The summed E-state index contributed by atoms with van der Waals surface area (Å²) in [4.78, 5) is 10.7. The van der Waals surface area contributed by atoms with Crippen molar-refractivity contribution in [2.75, 3.05) is 24.2 Å². The van der Waals surface area contributed by atoms with Crippen molar-refractivity contribution < 1.29 is 0 Å². The summed E-state index contributed by atoms with van der Waals surface area (Å²) in [6.45, 7) is 2.31. The molecule has 1 aromatic rings. The first kappa shape index (κ1) is 7.86. The molecule has 0 atom stereocenters. The molecule has 0 saturated carbocycles. The van der Waals surface area contributed by atoms with Gasteiger partial charge in [0.05, 0.1) is 18.1 Å². The first-order chi connectivity index (χ1) is 5.90. The lowest BCUT2D eigenvalue weighted by Gasteiger charge is -2.32. The second kappa shape index (κ2) is 3.31. The minimum Gasteiger partial charge on any atom is -0.369 e. The van der Waals surface area contributed by atoms with Gasteiger partial charge in [-0.15, -0.1) is 0 Å². The second-order valence-electron chi connectivity index (χ2n) is 2.77. The predicted molar refractivity (Wildman–Crippen MR) is 50.6 cm³/mol. The molecule has 2 rings (SSSR count). The van der Waals surface area contributed by atoms with E-state index in [4.69, 9.17) is 0 Å². The van der Waals surface area contributed by atoms with E-state index in [1.54, 1.807) is 11.8 Å². The van der Waals surface area contributed by atoms with Crippen LogP contribution in [0.1, 0.15) is 6.42 Å². The van der Waals surface area contributed by atoms with E-state index >= 15 is 0 Å². The van der Waals surface area contributed by atoms with Crippen LogP contribution in [0.5, 0.6) is 0 Å². The van der Waals surface area contributed by atoms with Crippen molar-refractivity contribution in [2.24, 2.45) is 0 Å². The average Bonchev–Trinajstić information content (AvgIpc) is 2.03. The maximum atomic E-state index is 4.21. The Balaban J connectivity index is 2.13. The summed E-state index contributed by atoms with van der Waals surface area (Å²) in [6, 6.07) is 0. The molecule has 0 aromatic carbocycles. The molecule has 0 amide bonds. The van der Waals surface area contributed by atoms with Crippen molar-refractivity contribution in [2.45, 2.75) is 11.6 Å². The Kier molecular flexibility index (Phi) is 2.17. The van der Waals surface area contributed by atoms with E-state index < -0.39 is 0 Å². The molecule has 64 valence electrons. The third-order valence-corrected chi connectivity index (χ3v) is 2.59. The van der Waals surface area contributed by atoms with Crippen molar-refractivity contribution >= 4 is 17.4 Å². The number of hydrogen-bond acceptors (Lipinski definition) is 4. The van der Waals surface area contributed by atoms with E-state index in [1.165, 1.54) is 6.42 Å². The van der Waals surface area contributed by atoms with Gasteiger partial charge in [0.2, 0.25) is 0 Å². The summed E-state index contributed by atoms with van der Waals surface area (Å²) in [6.07, 6.45) is 7.08. The van der Waals surface area contributed by atoms with Crippen molar-refractivity contribution in [1.29, 1.82) is 0 Å². The number of hydrogen-bond donors (Lipinski definition) is 0. The monoisotopic (exact) mass is 181 g/mol. The third-order valence-electron chi connectivity index (χ3n) is 2.02. The summed E-state index contributed by atoms with van der Waals surface area (Å²) in [5.41, 5.74) is 1.15. The van der Waals surface area contributed by atoms with Crippen LogP contribution in [-0.2, 0) is 0 Å². The molecule has 1 aliphatic rings. The highest BCUT2D eigenvalue weighted by Gasteiger charge is 2.14. The summed E-state index contributed by atoms with van der Waals surface area (Å²) in [5, 5.41) is 0.847. The molecule has 1 aliphatic heterocycles. The predicted octanol–water partition coefficient (Wildman–Crippen LogP) is 1.41. The van der Waals surface area contributed by atoms with E-state index in [9.17, 15) is 0 Å². The van der Waals surface area contributed by atoms with Gasteiger partial charge in [0.15, 0.2) is 5.16 Å². The van der Waals surface area contributed by atoms with Gasteiger partial charge in [-0.1, -0.05) is 11.8 Å². The highest BCUT2D eigenvalue weighted by atomic mass is 32.2. The van der Waals surface area contributed by atoms with Crippen LogP contribution in [0.25, 0.3) is 0 Å². The molecular weight excluding hydrogens is 170 g/mol. The van der Waals surface area contributed by atoms with E-state index in [2.05, 4.69) is 14.9 Å². The highest BCUT2D eigenvalue weighted by Crippen LogP contribution is 2.19. The largest absolute Gasteiger partial charge is 0.369 e. The molecule has 0 N–H and O–H groups in total. The molecular formula is C8H11N3S. The molecule has 1 aromatic heterocycles. The summed E-state index contributed by atoms with van der Waals surface area (Å²) < 4.78 is 0. The number of anilines is 1. The summed E-state index contributed by atoms with van der Waals surface area (Å²) >= 11 is 1.57. The van der Waals surface area contributed by atoms with Gasteiger partial charge in [-0.3, -0.25) is 0 Å². The Bertz CT molecular complexity index is 256. The van der Waals surface area contributed by atoms with Crippen LogP contribution in [0.4, 0.5) is 5.69 Å². The lowest BCUT2D eigenvalue weighted by Crippen LogP contribution is -2.37. The Morgan fingerprint density at radius 1 is 1.33 bits per heavy atom. The van der Waals surface area contributed by atoms with Crippen LogP contribution in [-0.4, -0.2) is 29.3 Å². The van der Waals surface area contributed by atoms with Gasteiger partial charge >= 0.3 is 0 Å². The Hall–Kier alpha value is -0.770. The fourth-order valence-corrected chi connectivity index (χ4v) is 1.47. The molecule has 0 unspecified atom stereocenters. The van der Waals surface area contributed by atoms with Crippen molar-refractivity contribution in [3.05, 3.63) is 12.4 Å². The van der Waals surface area contributed by atoms with Gasteiger partial charge in [0, 0.05) is 13.1 Å². The molecule has 4 heteroatoms. The zero-order valence-corrected chi connectivity index (χ0v) is 7.84. The highest BCUT2D eigenvalue weighted by molar-refractivity contribution is 7.98. The normalized spacial score (nSPS) is 15.9. The van der Waals surface area contributed by atoms with E-state index in [0.29, 0.717) is 0 Å². The van der Waals surface area contributed by atoms with Crippen LogP contribution in [0.3, 0.4) is 0 Å². The Morgan fingerprint density at radius 2 is 2.00 bits per heavy atom. The SMILES string of the molecule is CSc1ncc(N2CCC2)cn1. The maximum Gasteiger partial charge on any atom is 0.187 e. The molecule has 0 spiro atoms. The average molecular weight is 181 g/mol. The van der Waals surface area contributed by atoms with Gasteiger partial charge in [-0.2, -0.15) is 0 Å². The summed E-state index contributed by atoms with van der Waals surface area (Å²) in [5.74, 6) is 0. The topological polar surface area (TPSA) is 29.0 Å². The van der Waals surface area contributed by atoms with E-state index in [0.717, 1.165) is 23.9 Å². The fourth-order valence-electron chi connectivity index (χ4n) is 1.15. The molecule has 3 nitrogen and oxygen atoms in total. The van der Waals surface area contributed by atoms with Crippen molar-refractivity contribution in [3.8, 4) is 0 Å². The number of nitrogens with zero attached hydrogens (tertiary/aromatic N) is 3. The van der Waals surface area contributed by atoms with Gasteiger partial charge in [0.25, 0.3) is 0 Å². The molecule has 12 heavy (non-hydrogen) atoms. The van der Waals surface area contributed by atoms with Gasteiger partial charge in [-0.25, -0.2) is 9.97 Å². The van der Waals surface area contributed by atoms with Crippen LogP contribution in [0.15, 0.2) is 17.6 Å². The first-order valence-corrected chi connectivity index (χ1v) is 5.23. The van der Waals surface area contributed by atoms with Gasteiger partial charge < -0.3 is 4.90 Å². The molecule has 2 heterocycles. The van der Waals surface area contributed by atoms with Gasteiger partial charge in [0.1, 0.15) is 0 Å². The van der Waals surface area contributed by atoms with E-state index in [-0.39, 0.29) is 0 Å². The molecule has 0 bridgehead atoms. The smallest absolute Gasteiger partial charge is 0.187 e. The Morgan fingerprint density at radius 3 is 2.42 bits per heavy atom. The van der Waals surface area contributed by atoms with Crippen molar-refractivity contribution in [3.63, 3.8) is 0 Å².